The number of amides is 2. The van der Waals surface area contributed by atoms with Crippen molar-refractivity contribution in [3.63, 3.8) is 0 Å². The number of morpholine rings is 1. The van der Waals surface area contributed by atoms with Crippen LogP contribution in [0.1, 0.15) is 23.2 Å². The van der Waals surface area contributed by atoms with Gasteiger partial charge in [0.05, 0.1) is 35.9 Å². The molecule has 1 aliphatic carbocycles. The molecule has 1 heterocycles. The van der Waals surface area contributed by atoms with E-state index in [2.05, 4.69) is 10.6 Å². The number of nitro groups is 1. The zero-order chi connectivity index (χ0) is 17.8. The third-order valence-electron chi connectivity index (χ3n) is 4.14. The summed E-state index contributed by atoms with van der Waals surface area (Å²) in [5.74, 6) is -0.759. The second kappa shape index (κ2) is 7.47. The van der Waals surface area contributed by atoms with Crippen LogP contribution in [0.2, 0.25) is 0 Å². The molecule has 2 N–H and O–H groups in total. The van der Waals surface area contributed by atoms with Crippen molar-refractivity contribution in [1.29, 1.82) is 0 Å². The van der Waals surface area contributed by atoms with E-state index in [4.69, 9.17) is 4.74 Å². The Labute approximate surface area is 144 Å². The summed E-state index contributed by atoms with van der Waals surface area (Å²) in [5, 5.41) is 16.4. The van der Waals surface area contributed by atoms with Gasteiger partial charge in [0.25, 0.3) is 11.6 Å². The van der Waals surface area contributed by atoms with Crippen molar-refractivity contribution < 1.29 is 19.2 Å². The molecule has 9 nitrogen and oxygen atoms in total. The van der Waals surface area contributed by atoms with Gasteiger partial charge in [-0.2, -0.15) is 0 Å². The first kappa shape index (κ1) is 17.2. The lowest BCUT2D eigenvalue weighted by Gasteiger charge is -2.30. The van der Waals surface area contributed by atoms with Crippen molar-refractivity contribution in [2.45, 2.75) is 18.9 Å². The maximum atomic E-state index is 12.5. The first-order valence-electron chi connectivity index (χ1n) is 8.23. The average Bonchev–Trinajstić information content (AvgIpc) is 3.43. The molecule has 25 heavy (non-hydrogen) atoms. The van der Waals surface area contributed by atoms with Gasteiger partial charge in [-0.05, 0) is 18.9 Å². The Hall–Kier alpha value is -2.68. The molecule has 1 aliphatic heterocycles. The number of nitro benzene ring substituents is 1. The second-order valence-corrected chi connectivity index (χ2v) is 6.08. The highest BCUT2D eigenvalue weighted by atomic mass is 16.6. The number of hydrogen-bond acceptors (Lipinski definition) is 6. The van der Waals surface area contributed by atoms with Gasteiger partial charge >= 0.3 is 0 Å². The smallest absolute Gasteiger partial charge is 0.270 e. The number of ether oxygens (including phenoxy) is 1. The standard InChI is InChI=1S/C16H20N4O5/c21-15(18-11-1-2-11)10-17-16(22)13-9-12(20(23)24)3-4-14(13)19-5-7-25-8-6-19/h3-4,9,11H,1-2,5-8,10H2,(H,17,22)(H,18,21). The summed E-state index contributed by atoms with van der Waals surface area (Å²) in [6.45, 7) is 2.10. The van der Waals surface area contributed by atoms with Gasteiger partial charge in [-0.25, -0.2) is 0 Å². The van der Waals surface area contributed by atoms with Crippen molar-refractivity contribution in [3.05, 3.63) is 33.9 Å². The maximum absolute atomic E-state index is 12.5. The number of hydrogen-bond donors (Lipinski definition) is 2. The van der Waals surface area contributed by atoms with Crippen LogP contribution in [-0.2, 0) is 9.53 Å². The largest absolute Gasteiger partial charge is 0.378 e. The van der Waals surface area contributed by atoms with E-state index < -0.39 is 10.8 Å². The van der Waals surface area contributed by atoms with Gasteiger partial charge in [0.1, 0.15) is 0 Å². The van der Waals surface area contributed by atoms with Gasteiger partial charge in [0, 0.05) is 31.3 Å². The lowest BCUT2D eigenvalue weighted by atomic mass is 10.1. The summed E-state index contributed by atoms with van der Waals surface area (Å²) in [4.78, 5) is 36.7. The summed E-state index contributed by atoms with van der Waals surface area (Å²) in [6, 6.07) is 4.41. The summed E-state index contributed by atoms with van der Waals surface area (Å²) >= 11 is 0. The fourth-order valence-corrected chi connectivity index (χ4v) is 2.66. The molecule has 1 aromatic carbocycles. The van der Waals surface area contributed by atoms with Crippen LogP contribution in [-0.4, -0.2) is 55.6 Å². The average molecular weight is 348 g/mol. The van der Waals surface area contributed by atoms with Crippen LogP contribution in [0, 0.1) is 10.1 Å². The maximum Gasteiger partial charge on any atom is 0.270 e. The van der Waals surface area contributed by atoms with E-state index in [-0.39, 0.29) is 29.7 Å². The highest BCUT2D eigenvalue weighted by Gasteiger charge is 2.25. The van der Waals surface area contributed by atoms with Gasteiger partial charge in [-0.15, -0.1) is 0 Å². The fourth-order valence-electron chi connectivity index (χ4n) is 2.66. The molecule has 2 amide bonds. The third-order valence-corrected chi connectivity index (χ3v) is 4.14. The van der Waals surface area contributed by atoms with Gasteiger partial charge in [-0.1, -0.05) is 0 Å². The van der Waals surface area contributed by atoms with Crippen LogP contribution < -0.4 is 15.5 Å². The number of anilines is 1. The van der Waals surface area contributed by atoms with Crippen LogP contribution in [0.25, 0.3) is 0 Å². The van der Waals surface area contributed by atoms with E-state index in [1.54, 1.807) is 6.07 Å². The minimum Gasteiger partial charge on any atom is -0.378 e. The molecule has 0 unspecified atom stereocenters. The van der Waals surface area contributed by atoms with E-state index >= 15 is 0 Å². The summed E-state index contributed by atoms with van der Waals surface area (Å²) in [6.07, 6.45) is 1.93. The quantitative estimate of drug-likeness (QED) is 0.570. The molecule has 0 radical (unpaired) electrons. The number of benzene rings is 1. The van der Waals surface area contributed by atoms with E-state index in [9.17, 15) is 19.7 Å². The minimum atomic E-state index is -0.542. The molecule has 9 heteroatoms. The predicted molar refractivity (Wildman–Crippen MR) is 89.6 cm³/mol. The molecule has 2 aliphatic rings. The molecular weight excluding hydrogens is 328 g/mol. The number of carbonyl (C=O) groups is 2. The monoisotopic (exact) mass is 348 g/mol. The van der Waals surface area contributed by atoms with E-state index in [0.717, 1.165) is 12.8 Å². The van der Waals surface area contributed by atoms with Crippen molar-refractivity contribution in [2.75, 3.05) is 37.7 Å². The molecule has 0 aromatic heterocycles. The third kappa shape index (κ3) is 4.44. The number of nitrogens with one attached hydrogen (secondary N) is 2. The fraction of sp³-hybridized carbons (Fsp3) is 0.500. The molecule has 0 atom stereocenters. The summed E-state index contributed by atoms with van der Waals surface area (Å²) in [5.41, 5.74) is 0.633. The van der Waals surface area contributed by atoms with Crippen LogP contribution in [0.3, 0.4) is 0 Å². The van der Waals surface area contributed by atoms with Gasteiger partial charge in [-0.3, -0.25) is 19.7 Å². The second-order valence-electron chi connectivity index (χ2n) is 6.08. The summed E-state index contributed by atoms with van der Waals surface area (Å²) in [7, 11) is 0. The number of rotatable bonds is 6. The molecule has 0 spiro atoms. The Morgan fingerprint density at radius 1 is 1.28 bits per heavy atom. The first-order valence-corrected chi connectivity index (χ1v) is 8.23. The SMILES string of the molecule is O=C(CNC(=O)c1cc([N+](=O)[O-])ccc1N1CCOCC1)NC1CC1. The Morgan fingerprint density at radius 3 is 2.64 bits per heavy atom. The lowest BCUT2D eigenvalue weighted by molar-refractivity contribution is -0.384. The van der Waals surface area contributed by atoms with E-state index in [1.807, 2.05) is 4.90 Å². The minimum absolute atomic E-state index is 0.152. The van der Waals surface area contributed by atoms with Crippen molar-refractivity contribution in [3.8, 4) is 0 Å². The number of non-ortho nitro benzene ring substituents is 1. The Morgan fingerprint density at radius 2 is 2.00 bits per heavy atom. The van der Waals surface area contributed by atoms with Gasteiger partial charge in [0.2, 0.25) is 5.91 Å². The molecule has 0 bridgehead atoms. The highest BCUT2D eigenvalue weighted by molar-refractivity contribution is 6.02. The summed E-state index contributed by atoms with van der Waals surface area (Å²) < 4.78 is 5.30. The van der Waals surface area contributed by atoms with E-state index in [0.29, 0.717) is 32.0 Å². The predicted octanol–water partition coefficient (Wildman–Crippen LogP) is 0.440. The number of carbonyl (C=O) groups excluding carboxylic acids is 2. The normalized spacial score (nSPS) is 17.0. The topological polar surface area (TPSA) is 114 Å². The van der Waals surface area contributed by atoms with E-state index in [1.165, 1.54) is 12.1 Å². The zero-order valence-electron chi connectivity index (χ0n) is 13.7. The highest BCUT2D eigenvalue weighted by Crippen LogP contribution is 2.26. The van der Waals surface area contributed by atoms with Gasteiger partial charge in [0.15, 0.2) is 0 Å². The van der Waals surface area contributed by atoms with Crippen LogP contribution in [0.4, 0.5) is 11.4 Å². The van der Waals surface area contributed by atoms with Crippen LogP contribution >= 0.6 is 0 Å². The molecule has 1 saturated heterocycles. The molecule has 1 aromatic rings. The molecular formula is C16H20N4O5. The first-order chi connectivity index (χ1) is 12.0. The molecule has 134 valence electrons. The van der Waals surface area contributed by atoms with Crippen molar-refractivity contribution in [2.24, 2.45) is 0 Å². The van der Waals surface area contributed by atoms with Crippen LogP contribution in [0.15, 0.2) is 18.2 Å². The van der Waals surface area contributed by atoms with Gasteiger partial charge < -0.3 is 20.3 Å². The lowest BCUT2D eigenvalue weighted by Crippen LogP contribution is -2.40. The Bertz CT molecular complexity index is 683. The van der Waals surface area contributed by atoms with Crippen molar-refractivity contribution >= 4 is 23.2 Å². The Kier molecular flexibility index (Phi) is 5.13. The molecule has 2 fully saturated rings. The van der Waals surface area contributed by atoms with Crippen LogP contribution in [0.5, 0.6) is 0 Å². The Balaban J connectivity index is 1.75. The van der Waals surface area contributed by atoms with Crippen molar-refractivity contribution in [1.82, 2.24) is 10.6 Å². The number of nitrogens with zero attached hydrogens (tertiary/aromatic N) is 2. The molecule has 1 saturated carbocycles. The molecule has 3 rings (SSSR count). The zero-order valence-corrected chi connectivity index (χ0v) is 13.7.